The monoisotopic (exact) mass is 527 g/mol. The third-order valence-electron chi connectivity index (χ3n) is 4.13. The van der Waals surface area contributed by atoms with Gasteiger partial charge in [-0.25, -0.2) is 0 Å². The van der Waals surface area contributed by atoms with E-state index < -0.39 is 0 Å². The molecule has 0 spiro atoms. The van der Waals surface area contributed by atoms with Crippen molar-refractivity contribution in [2.75, 3.05) is 6.54 Å². The van der Waals surface area contributed by atoms with E-state index in [-0.39, 0.29) is 32.2 Å². The van der Waals surface area contributed by atoms with Gasteiger partial charge in [0.25, 0.3) is 0 Å². The molecule has 0 aliphatic rings. The molecule has 0 bridgehead atoms. The van der Waals surface area contributed by atoms with Crippen LogP contribution in [0, 0.1) is 0 Å². The second kappa shape index (κ2) is 9.07. The Hall–Kier alpha value is -2.03. The van der Waals surface area contributed by atoms with Gasteiger partial charge in [0.1, 0.15) is 5.75 Å². The quantitative estimate of drug-likeness (QED) is 0.506. The predicted molar refractivity (Wildman–Crippen MR) is 101 cm³/mol. The minimum Gasteiger partial charge on any atom is -0.656 e. The van der Waals surface area contributed by atoms with Crippen molar-refractivity contribution in [1.29, 1.82) is 0 Å². The first-order chi connectivity index (χ1) is 12.1. The van der Waals surface area contributed by atoms with Crippen molar-refractivity contribution in [1.82, 2.24) is 9.97 Å². The molecule has 0 aliphatic heterocycles. The number of aromatic hydroxyl groups is 1. The number of para-hydroxylation sites is 1. The van der Waals surface area contributed by atoms with Crippen LogP contribution in [0.4, 0.5) is 0 Å². The molecule has 1 aromatic carbocycles. The van der Waals surface area contributed by atoms with Gasteiger partial charge in [-0.05, 0) is 41.8 Å². The van der Waals surface area contributed by atoms with Gasteiger partial charge >= 0.3 is 0 Å². The first-order valence-corrected chi connectivity index (χ1v) is 8.35. The van der Waals surface area contributed by atoms with E-state index >= 15 is 0 Å². The summed E-state index contributed by atoms with van der Waals surface area (Å²) in [7, 11) is 0. The van der Waals surface area contributed by atoms with E-state index in [4.69, 9.17) is 4.98 Å². The van der Waals surface area contributed by atoms with Crippen molar-refractivity contribution in [2.24, 2.45) is 0 Å². The molecule has 0 aliphatic carbocycles. The number of aromatic nitrogens is 2. The van der Waals surface area contributed by atoms with Crippen molar-refractivity contribution in [2.45, 2.75) is 25.8 Å². The van der Waals surface area contributed by atoms with Crippen molar-refractivity contribution < 1.29 is 26.2 Å². The van der Waals surface area contributed by atoms with Gasteiger partial charge in [-0.3, -0.25) is 9.97 Å². The SMILES string of the molecule is CC(C)(C[N-]Cc1ccccn1)c1cccc(-c2ccccc2O)n1.[Pt]. The Kier molecular flexibility index (Phi) is 7.07. The van der Waals surface area contributed by atoms with Crippen molar-refractivity contribution in [3.8, 4) is 17.0 Å². The molecule has 2 heterocycles. The molecule has 0 saturated heterocycles. The largest absolute Gasteiger partial charge is 0.656 e. The number of hydrogen-bond acceptors (Lipinski definition) is 3. The number of hydrogen-bond donors (Lipinski definition) is 1. The van der Waals surface area contributed by atoms with E-state index in [1.807, 2.05) is 54.6 Å². The summed E-state index contributed by atoms with van der Waals surface area (Å²) in [6, 6.07) is 19.0. The van der Waals surface area contributed by atoms with Crippen molar-refractivity contribution in [3.05, 3.63) is 83.6 Å². The topological polar surface area (TPSA) is 60.1 Å². The standard InChI is InChI=1S/C21H22N3O.Pt/c1-21(2,15-22-14-16-8-5-6-13-23-16)20-12-7-10-18(24-20)17-9-3-4-11-19(17)25;/h3-13,25H,14-15H2,1-2H3;/q-1;. The van der Waals surface area contributed by atoms with Crippen LogP contribution in [0.1, 0.15) is 25.2 Å². The summed E-state index contributed by atoms with van der Waals surface area (Å²) in [5.74, 6) is 0.241. The molecule has 26 heavy (non-hydrogen) atoms. The molecule has 3 aromatic rings. The number of rotatable bonds is 6. The van der Waals surface area contributed by atoms with E-state index in [0.717, 1.165) is 22.6 Å². The van der Waals surface area contributed by atoms with Gasteiger partial charge in [0.15, 0.2) is 0 Å². The van der Waals surface area contributed by atoms with Crippen LogP contribution in [0.2, 0.25) is 0 Å². The fraction of sp³-hybridized carbons (Fsp3) is 0.238. The molecule has 0 amide bonds. The second-order valence-corrected chi connectivity index (χ2v) is 6.67. The molecule has 4 nitrogen and oxygen atoms in total. The van der Waals surface area contributed by atoms with Crippen LogP contribution in [0.25, 0.3) is 16.6 Å². The maximum absolute atomic E-state index is 10.1. The molecule has 5 heteroatoms. The molecule has 1 N–H and O–H groups in total. The minimum atomic E-state index is -0.199. The molecule has 0 unspecified atom stereocenters. The zero-order chi connectivity index (χ0) is 17.7. The summed E-state index contributed by atoms with van der Waals surface area (Å²) in [4.78, 5) is 9.06. The summed E-state index contributed by atoms with van der Waals surface area (Å²) in [5.41, 5.74) is 3.24. The fourth-order valence-electron chi connectivity index (χ4n) is 2.67. The van der Waals surface area contributed by atoms with Crippen LogP contribution >= 0.6 is 0 Å². The first kappa shape index (κ1) is 20.3. The molecule has 0 radical (unpaired) electrons. The fourth-order valence-corrected chi connectivity index (χ4v) is 2.67. The average Bonchev–Trinajstić information content (AvgIpc) is 2.63. The van der Waals surface area contributed by atoms with E-state index in [1.165, 1.54) is 0 Å². The summed E-state index contributed by atoms with van der Waals surface area (Å²) < 4.78 is 0. The molecule has 0 saturated carbocycles. The van der Waals surface area contributed by atoms with Crippen LogP contribution in [0.5, 0.6) is 5.75 Å². The summed E-state index contributed by atoms with van der Waals surface area (Å²) in [6.07, 6.45) is 1.79. The average molecular weight is 528 g/mol. The third-order valence-corrected chi connectivity index (χ3v) is 4.13. The second-order valence-electron chi connectivity index (χ2n) is 6.67. The molecule has 3 rings (SSSR count). The van der Waals surface area contributed by atoms with Gasteiger partial charge in [0.2, 0.25) is 0 Å². The Bertz CT molecular complexity index is 837. The van der Waals surface area contributed by atoms with E-state index in [1.54, 1.807) is 12.3 Å². The number of phenolic OH excluding ortho intramolecular Hbond substituents is 1. The zero-order valence-electron chi connectivity index (χ0n) is 14.9. The van der Waals surface area contributed by atoms with Gasteiger partial charge in [-0.2, -0.15) is 0 Å². The summed E-state index contributed by atoms with van der Waals surface area (Å²) >= 11 is 0. The van der Waals surface area contributed by atoms with E-state index in [9.17, 15) is 5.11 Å². The Morgan fingerprint density at radius 3 is 2.46 bits per heavy atom. The Labute approximate surface area is 169 Å². The minimum absolute atomic E-state index is 0. The van der Waals surface area contributed by atoms with E-state index in [2.05, 4.69) is 24.1 Å². The zero-order valence-corrected chi connectivity index (χ0v) is 17.1. The van der Waals surface area contributed by atoms with Crippen LogP contribution in [-0.2, 0) is 33.0 Å². The number of phenols is 1. The Morgan fingerprint density at radius 1 is 0.962 bits per heavy atom. The van der Waals surface area contributed by atoms with Gasteiger partial charge in [0.05, 0.1) is 5.69 Å². The molecule has 0 fully saturated rings. The predicted octanol–water partition coefficient (Wildman–Crippen LogP) is 4.70. The van der Waals surface area contributed by atoms with Crippen LogP contribution in [-0.4, -0.2) is 21.6 Å². The Morgan fingerprint density at radius 2 is 1.73 bits per heavy atom. The van der Waals surface area contributed by atoms with Crippen LogP contribution in [0.3, 0.4) is 0 Å². The first-order valence-electron chi connectivity index (χ1n) is 8.35. The molecule has 2 aromatic heterocycles. The summed E-state index contributed by atoms with van der Waals surface area (Å²) in [5, 5.41) is 14.7. The smallest absolute Gasteiger partial charge is 0.124 e. The van der Waals surface area contributed by atoms with Gasteiger partial charge < -0.3 is 10.4 Å². The number of benzene rings is 1. The molecule has 138 valence electrons. The van der Waals surface area contributed by atoms with Crippen LogP contribution in [0.15, 0.2) is 66.9 Å². The van der Waals surface area contributed by atoms with Crippen molar-refractivity contribution in [3.63, 3.8) is 0 Å². The number of pyridine rings is 2. The van der Waals surface area contributed by atoms with Gasteiger partial charge in [0, 0.05) is 44.2 Å². The van der Waals surface area contributed by atoms with E-state index in [0.29, 0.717) is 13.1 Å². The molecular formula is C21H22N3OPt-. The Balaban J connectivity index is 0.00000243. The molecule has 0 atom stereocenters. The normalized spacial score (nSPS) is 11.0. The maximum Gasteiger partial charge on any atom is 0.124 e. The van der Waals surface area contributed by atoms with Crippen LogP contribution < -0.4 is 0 Å². The third kappa shape index (κ3) is 5.00. The molecular weight excluding hydrogens is 505 g/mol. The van der Waals surface area contributed by atoms with Gasteiger partial charge in [-0.15, -0.1) is 13.1 Å². The van der Waals surface area contributed by atoms with Gasteiger partial charge in [-0.1, -0.05) is 38.1 Å². The number of nitrogens with zero attached hydrogens (tertiary/aromatic N) is 3. The summed E-state index contributed by atoms with van der Waals surface area (Å²) in [6.45, 7) is 5.52. The van der Waals surface area contributed by atoms with Crippen molar-refractivity contribution >= 4 is 0 Å². The maximum atomic E-state index is 10.1.